The Morgan fingerprint density at radius 3 is 2.95 bits per heavy atom. The van der Waals surface area contributed by atoms with E-state index in [9.17, 15) is 20.0 Å². The summed E-state index contributed by atoms with van der Waals surface area (Å²) in [6.45, 7) is 0. The fraction of sp³-hybridized carbons (Fsp3) is 0.100. The number of anilines is 1. The minimum Gasteiger partial charge on any atom is -0.506 e. The number of nitrogens with zero attached hydrogens (tertiary/aromatic N) is 3. The van der Waals surface area contributed by atoms with Gasteiger partial charge in [-0.05, 0) is 6.07 Å². The zero-order chi connectivity index (χ0) is 14.5. The molecule has 0 fully saturated rings. The number of carbonyl (C=O) groups excluding carboxylic acids is 1. The molecule has 0 spiro atoms. The maximum absolute atomic E-state index is 11.6. The molecule has 0 unspecified atom stereocenters. The summed E-state index contributed by atoms with van der Waals surface area (Å²) in [5, 5.41) is 29.2. The third-order valence-corrected chi connectivity index (χ3v) is 3.08. The van der Waals surface area contributed by atoms with Crippen molar-refractivity contribution in [2.75, 3.05) is 11.1 Å². The molecule has 2 rings (SSSR count). The molecule has 1 aromatic heterocycles. The first-order valence-electron chi connectivity index (χ1n) is 5.31. The Bertz CT molecular complexity index is 631. The number of rotatable bonds is 5. The number of amides is 1. The molecular formula is C10H9N5O4S. The van der Waals surface area contributed by atoms with Crippen molar-refractivity contribution < 1.29 is 14.8 Å². The Labute approximate surface area is 116 Å². The molecule has 9 nitrogen and oxygen atoms in total. The number of carbonyl (C=O) groups is 1. The Hall–Kier alpha value is -2.62. The van der Waals surface area contributed by atoms with Crippen molar-refractivity contribution in [1.29, 1.82) is 0 Å². The lowest BCUT2D eigenvalue weighted by Gasteiger charge is -2.06. The number of H-pyrrole nitrogens is 1. The average Bonchev–Trinajstić information content (AvgIpc) is 2.91. The number of aromatic nitrogens is 3. The predicted octanol–water partition coefficient (Wildman–Crippen LogP) is 1.15. The first-order valence-corrected chi connectivity index (χ1v) is 6.30. The van der Waals surface area contributed by atoms with Crippen molar-refractivity contribution in [2.24, 2.45) is 0 Å². The third-order valence-electron chi connectivity index (χ3n) is 2.20. The van der Waals surface area contributed by atoms with E-state index in [1.807, 2.05) is 0 Å². The largest absolute Gasteiger partial charge is 0.506 e. The number of hydrogen-bond acceptors (Lipinski definition) is 7. The van der Waals surface area contributed by atoms with Crippen LogP contribution in [0.5, 0.6) is 5.75 Å². The van der Waals surface area contributed by atoms with Crippen molar-refractivity contribution in [3.63, 3.8) is 0 Å². The summed E-state index contributed by atoms with van der Waals surface area (Å²) >= 11 is 1.14. The molecule has 0 saturated carbocycles. The van der Waals surface area contributed by atoms with Crippen LogP contribution in [0.4, 0.5) is 11.4 Å². The number of thioether (sulfide) groups is 1. The molecule has 1 heterocycles. The molecule has 10 heteroatoms. The van der Waals surface area contributed by atoms with Crippen LogP contribution in [0, 0.1) is 10.1 Å². The number of nitrogens with one attached hydrogen (secondary N) is 2. The van der Waals surface area contributed by atoms with Crippen LogP contribution in [0.25, 0.3) is 0 Å². The van der Waals surface area contributed by atoms with E-state index >= 15 is 0 Å². The highest BCUT2D eigenvalue weighted by Gasteiger charge is 2.12. The molecule has 1 amide bonds. The summed E-state index contributed by atoms with van der Waals surface area (Å²) in [6.07, 6.45) is 1.32. The highest BCUT2D eigenvalue weighted by molar-refractivity contribution is 7.99. The van der Waals surface area contributed by atoms with Crippen LogP contribution in [-0.2, 0) is 4.79 Å². The molecule has 3 N–H and O–H groups in total. The number of phenols is 1. The Morgan fingerprint density at radius 1 is 1.55 bits per heavy atom. The van der Waals surface area contributed by atoms with Gasteiger partial charge >= 0.3 is 0 Å². The molecule has 20 heavy (non-hydrogen) atoms. The molecule has 0 radical (unpaired) electrons. The normalized spacial score (nSPS) is 10.2. The van der Waals surface area contributed by atoms with Gasteiger partial charge in [0, 0.05) is 6.07 Å². The predicted molar refractivity (Wildman–Crippen MR) is 70.5 cm³/mol. The van der Waals surface area contributed by atoms with E-state index in [1.165, 1.54) is 18.5 Å². The van der Waals surface area contributed by atoms with E-state index in [-0.39, 0.29) is 28.8 Å². The van der Waals surface area contributed by atoms with E-state index in [4.69, 9.17) is 0 Å². The highest BCUT2D eigenvalue weighted by atomic mass is 32.2. The van der Waals surface area contributed by atoms with E-state index in [0.717, 1.165) is 17.8 Å². The van der Waals surface area contributed by atoms with Crippen molar-refractivity contribution in [3.8, 4) is 5.75 Å². The van der Waals surface area contributed by atoms with Gasteiger partial charge in [-0.15, -0.1) is 0 Å². The van der Waals surface area contributed by atoms with Gasteiger partial charge in [-0.3, -0.25) is 20.0 Å². The standard InChI is InChI=1S/C10H9N5O4S/c16-8-3-6(15(18)19)1-2-7(8)13-9(17)4-20-10-11-5-12-14-10/h1-3,5,16H,4H2,(H,13,17)(H,11,12,14). The van der Waals surface area contributed by atoms with Gasteiger partial charge in [0.05, 0.1) is 22.4 Å². The SMILES string of the molecule is O=C(CSc1ncn[nH]1)Nc1ccc([N+](=O)[O-])cc1O. The van der Waals surface area contributed by atoms with E-state index in [2.05, 4.69) is 20.5 Å². The summed E-state index contributed by atoms with van der Waals surface area (Å²) in [4.78, 5) is 25.3. The van der Waals surface area contributed by atoms with Crippen molar-refractivity contribution >= 4 is 29.0 Å². The summed E-state index contributed by atoms with van der Waals surface area (Å²) in [5.74, 6) is -0.682. The van der Waals surface area contributed by atoms with E-state index in [1.54, 1.807) is 0 Å². The fourth-order valence-corrected chi connectivity index (χ4v) is 1.90. The zero-order valence-corrected chi connectivity index (χ0v) is 10.8. The van der Waals surface area contributed by atoms with Crippen molar-refractivity contribution in [2.45, 2.75) is 5.16 Å². The Kier molecular flexibility index (Phi) is 4.15. The summed E-state index contributed by atoms with van der Waals surface area (Å²) in [5.41, 5.74) is -0.143. The fourth-order valence-electron chi connectivity index (χ4n) is 1.32. The number of aromatic hydroxyl groups is 1. The van der Waals surface area contributed by atoms with Crippen LogP contribution in [0.3, 0.4) is 0 Å². The molecule has 0 aliphatic heterocycles. The van der Waals surface area contributed by atoms with Gasteiger partial charge in [-0.1, -0.05) is 11.8 Å². The molecule has 1 aromatic carbocycles. The summed E-state index contributed by atoms with van der Waals surface area (Å²) in [7, 11) is 0. The number of nitro benzene ring substituents is 1. The van der Waals surface area contributed by atoms with Gasteiger partial charge < -0.3 is 10.4 Å². The quantitative estimate of drug-likeness (QED) is 0.326. The maximum Gasteiger partial charge on any atom is 0.273 e. The van der Waals surface area contributed by atoms with Gasteiger partial charge in [-0.25, -0.2) is 4.98 Å². The number of hydrogen-bond donors (Lipinski definition) is 3. The zero-order valence-electron chi connectivity index (χ0n) is 9.94. The number of aromatic amines is 1. The first kappa shape index (κ1) is 13.8. The molecule has 0 aliphatic rings. The second kappa shape index (κ2) is 6.02. The summed E-state index contributed by atoms with van der Waals surface area (Å²) < 4.78 is 0. The van der Waals surface area contributed by atoms with Crippen LogP contribution in [-0.4, -0.2) is 36.9 Å². The van der Waals surface area contributed by atoms with Gasteiger partial charge in [0.2, 0.25) is 5.91 Å². The maximum atomic E-state index is 11.6. The lowest BCUT2D eigenvalue weighted by molar-refractivity contribution is -0.384. The molecule has 0 saturated heterocycles. The number of non-ortho nitro benzene ring substituents is 1. The lowest BCUT2D eigenvalue weighted by Crippen LogP contribution is -2.14. The topological polar surface area (TPSA) is 134 Å². The van der Waals surface area contributed by atoms with Crippen LogP contribution in [0.2, 0.25) is 0 Å². The lowest BCUT2D eigenvalue weighted by atomic mass is 10.2. The molecular weight excluding hydrogens is 286 g/mol. The van der Waals surface area contributed by atoms with Crippen LogP contribution in [0.1, 0.15) is 0 Å². The van der Waals surface area contributed by atoms with Gasteiger partial charge in [0.1, 0.15) is 12.1 Å². The number of nitro groups is 1. The van der Waals surface area contributed by atoms with Crippen LogP contribution >= 0.6 is 11.8 Å². The van der Waals surface area contributed by atoms with Crippen LogP contribution < -0.4 is 5.32 Å². The molecule has 0 atom stereocenters. The average molecular weight is 295 g/mol. The first-order chi connectivity index (χ1) is 9.56. The molecule has 104 valence electrons. The monoisotopic (exact) mass is 295 g/mol. The number of benzene rings is 1. The second-order valence-electron chi connectivity index (χ2n) is 3.59. The minimum atomic E-state index is -0.634. The van der Waals surface area contributed by atoms with E-state index in [0.29, 0.717) is 5.16 Å². The number of phenolic OH excluding ortho intramolecular Hbond substituents is 1. The smallest absolute Gasteiger partial charge is 0.273 e. The minimum absolute atomic E-state index is 0.0611. The van der Waals surface area contributed by atoms with Crippen molar-refractivity contribution in [3.05, 3.63) is 34.6 Å². The Balaban J connectivity index is 1.95. The second-order valence-corrected chi connectivity index (χ2v) is 4.55. The third kappa shape index (κ3) is 3.45. The summed E-state index contributed by atoms with van der Waals surface area (Å²) in [6, 6.07) is 3.43. The molecule has 0 aliphatic carbocycles. The highest BCUT2D eigenvalue weighted by Crippen LogP contribution is 2.28. The molecule has 0 bridgehead atoms. The molecule has 2 aromatic rings. The van der Waals surface area contributed by atoms with Gasteiger partial charge in [-0.2, -0.15) is 5.10 Å². The van der Waals surface area contributed by atoms with Crippen molar-refractivity contribution in [1.82, 2.24) is 15.2 Å². The van der Waals surface area contributed by atoms with Crippen LogP contribution in [0.15, 0.2) is 29.7 Å². The van der Waals surface area contributed by atoms with E-state index < -0.39 is 4.92 Å². The Morgan fingerprint density at radius 2 is 2.35 bits per heavy atom. The van der Waals surface area contributed by atoms with Gasteiger partial charge in [0.25, 0.3) is 5.69 Å². The van der Waals surface area contributed by atoms with Gasteiger partial charge in [0.15, 0.2) is 5.16 Å².